The maximum atomic E-state index is 12.5. The van der Waals surface area contributed by atoms with E-state index in [1.807, 2.05) is 24.3 Å². The standard InChI is InChI=1S/C22H25N3O5/c1-16(26)30-20-9-3-17(4-10-20)22(28)24(2)15-21(27)23-18-5-7-19(8-6-18)25-11-13-29-14-12-25/h3-10H,11-15H2,1-2H3,(H,23,27). The molecule has 30 heavy (non-hydrogen) atoms. The van der Waals surface area contributed by atoms with Gasteiger partial charge in [0, 0.05) is 44.0 Å². The van der Waals surface area contributed by atoms with Gasteiger partial charge in [-0.25, -0.2) is 0 Å². The summed E-state index contributed by atoms with van der Waals surface area (Å²) >= 11 is 0. The zero-order valence-corrected chi connectivity index (χ0v) is 17.1. The lowest BCUT2D eigenvalue weighted by molar-refractivity contribution is -0.131. The second-order valence-electron chi connectivity index (χ2n) is 6.97. The minimum absolute atomic E-state index is 0.0876. The van der Waals surface area contributed by atoms with Crippen LogP contribution in [0.25, 0.3) is 0 Å². The molecule has 0 saturated carbocycles. The van der Waals surface area contributed by atoms with Crippen LogP contribution in [0.4, 0.5) is 11.4 Å². The number of hydrogen-bond acceptors (Lipinski definition) is 6. The maximum Gasteiger partial charge on any atom is 0.308 e. The largest absolute Gasteiger partial charge is 0.427 e. The van der Waals surface area contributed by atoms with Gasteiger partial charge in [-0.15, -0.1) is 0 Å². The lowest BCUT2D eigenvalue weighted by Gasteiger charge is -2.28. The van der Waals surface area contributed by atoms with Gasteiger partial charge in [0.05, 0.1) is 19.8 Å². The van der Waals surface area contributed by atoms with Gasteiger partial charge in [-0.3, -0.25) is 14.4 Å². The third kappa shape index (κ3) is 5.81. The van der Waals surface area contributed by atoms with Crippen LogP contribution in [0.5, 0.6) is 5.75 Å². The topological polar surface area (TPSA) is 88.2 Å². The van der Waals surface area contributed by atoms with E-state index in [1.165, 1.54) is 11.8 Å². The van der Waals surface area contributed by atoms with Crippen LogP contribution in [-0.4, -0.2) is 62.6 Å². The van der Waals surface area contributed by atoms with E-state index in [-0.39, 0.29) is 18.4 Å². The number of ether oxygens (including phenoxy) is 2. The van der Waals surface area contributed by atoms with Crippen LogP contribution < -0.4 is 15.0 Å². The number of carbonyl (C=O) groups excluding carboxylic acids is 3. The summed E-state index contributed by atoms with van der Waals surface area (Å²) in [5.74, 6) is -0.662. The van der Waals surface area contributed by atoms with Crippen LogP contribution >= 0.6 is 0 Å². The number of morpholine rings is 1. The van der Waals surface area contributed by atoms with Gasteiger partial charge in [0.15, 0.2) is 0 Å². The van der Waals surface area contributed by atoms with Crippen molar-refractivity contribution in [3.63, 3.8) is 0 Å². The molecule has 0 atom stereocenters. The van der Waals surface area contributed by atoms with Crippen molar-refractivity contribution in [2.24, 2.45) is 0 Å². The van der Waals surface area contributed by atoms with E-state index in [0.29, 0.717) is 30.2 Å². The van der Waals surface area contributed by atoms with E-state index in [4.69, 9.17) is 9.47 Å². The van der Waals surface area contributed by atoms with Crippen LogP contribution in [0.1, 0.15) is 17.3 Å². The molecule has 0 bridgehead atoms. The highest BCUT2D eigenvalue weighted by Crippen LogP contribution is 2.19. The molecule has 1 fully saturated rings. The third-order valence-corrected chi connectivity index (χ3v) is 4.62. The van der Waals surface area contributed by atoms with Crippen molar-refractivity contribution >= 4 is 29.2 Å². The van der Waals surface area contributed by atoms with E-state index < -0.39 is 5.97 Å². The van der Waals surface area contributed by atoms with Crippen molar-refractivity contribution < 1.29 is 23.9 Å². The van der Waals surface area contributed by atoms with Gasteiger partial charge < -0.3 is 24.6 Å². The first-order valence-electron chi connectivity index (χ1n) is 9.69. The fraction of sp³-hybridized carbons (Fsp3) is 0.318. The zero-order chi connectivity index (χ0) is 21.5. The highest BCUT2D eigenvalue weighted by Gasteiger charge is 2.16. The highest BCUT2D eigenvalue weighted by molar-refractivity contribution is 5.99. The molecule has 0 radical (unpaired) electrons. The van der Waals surface area contributed by atoms with Crippen molar-refractivity contribution in [2.75, 3.05) is 50.1 Å². The van der Waals surface area contributed by atoms with Gasteiger partial charge in [-0.1, -0.05) is 0 Å². The molecule has 1 aliphatic rings. The van der Waals surface area contributed by atoms with Crippen molar-refractivity contribution in [2.45, 2.75) is 6.92 Å². The van der Waals surface area contributed by atoms with Crippen molar-refractivity contribution in [3.8, 4) is 5.75 Å². The number of nitrogens with one attached hydrogen (secondary N) is 1. The Bertz CT molecular complexity index is 890. The first kappa shape index (κ1) is 21.3. The number of rotatable bonds is 6. The summed E-state index contributed by atoms with van der Waals surface area (Å²) in [5.41, 5.74) is 2.15. The second kappa shape index (κ2) is 9.89. The SMILES string of the molecule is CC(=O)Oc1ccc(C(=O)N(C)CC(=O)Nc2ccc(N3CCOCC3)cc2)cc1. The molecular formula is C22H25N3O5. The summed E-state index contributed by atoms with van der Waals surface area (Å²) in [6.07, 6.45) is 0. The van der Waals surface area contributed by atoms with E-state index in [2.05, 4.69) is 10.2 Å². The lowest BCUT2D eigenvalue weighted by atomic mass is 10.2. The molecule has 2 aromatic rings. The number of esters is 1. The fourth-order valence-electron chi connectivity index (χ4n) is 3.12. The summed E-state index contributed by atoms with van der Waals surface area (Å²) in [7, 11) is 1.56. The number of carbonyl (C=O) groups is 3. The summed E-state index contributed by atoms with van der Waals surface area (Å²) in [6, 6.07) is 13.8. The summed E-state index contributed by atoms with van der Waals surface area (Å²) in [6.45, 7) is 4.34. The number of hydrogen-bond donors (Lipinski definition) is 1. The van der Waals surface area contributed by atoms with E-state index in [0.717, 1.165) is 18.8 Å². The molecule has 0 aliphatic carbocycles. The van der Waals surface area contributed by atoms with Crippen LogP contribution in [0, 0.1) is 0 Å². The molecule has 0 spiro atoms. The van der Waals surface area contributed by atoms with Gasteiger partial charge in [-0.2, -0.15) is 0 Å². The van der Waals surface area contributed by atoms with E-state index in [1.54, 1.807) is 31.3 Å². The average molecular weight is 411 g/mol. The van der Waals surface area contributed by atoms with Crippen LogP contribution in [-0.2, 0) is 14.3 Å². The number of amides is 2. The number of nitrogens with zero attached hydrogens (tertiary/aromatic N) is 2. The fourth-order valence-corrected chi connectivity index (χ4v) is 3.12. The third-order valence-electron chi connectivity index (χ3n) is 4.62. The van der Waals surface area contributed by atoms with Gasteiger partial charge >= 0.3 is 5.97 Å². The molecule has 2 amide bonds. The molecule has 3 rings (SSSR count). The molecule has 1 saturated heterocycles. The lowest BCUT2D eigenvalue weighted by Crippen LogP contribution is -2.36. The van der Waals surface area contributed by atoms with Crippen molar-refractivity contribution in [1.82, 2.24) is 4.90 Å². The predicted molar refractivity (Wildman–Crippen MR) is 113 cm³/mol. The minimum Gasteiger partial charge on any atom is -0.427 e. The smallest absolute Gasteiger partial charge is 0.308 e. The van der Waals surface area contributed by atoms with Gasteiger partial charge in [0.25, 0.3) is 5.91 Å². The molecule has 1 N–H and O–H groups in total. The first-order valence-corrected chi connectivity index (χ1v) is 9.69. The first-order chi connectivity index (χ1) is 14.4. The Kier molecular flexibility index (Phi) is 7.03. The molecule has 158 valence electrons. The maximum absolute atomic E-state index is 12.5. The molecule has 2 aromatic carbocycles. The van der Waals surface area contributed by atoms with Crippen LogP contribution in [0.3, 0.4) is 0 Å². The molecule has 1 heterocycles. The quantitative estimate of drug-likeness (QED) is 0.579. The Hall–Kier alpha value is -3.39. The van der Waals surface area contributed by atoms with Gasteiger partial charge in [0.1, 0.15) is 5.75 Å². The average Bonchev–Trinajstić information content (AvgIpc) is 2.74. The summed E-state index contributed by atoms with van der Waals surface area (Å²) in [4.78, 5) is 39.4. The number of anilines is 2. The van der Waals surface area contributed by atoms with Crippen LogP contribution in [0.2, 0.25) is 0 Å². The molecule has 8 heteroatoms. The molecular weight excluding hydrogens is 386 g/mol. The van der Waals surface area contributed by atoms with Crippen molar-refractivity contribution in [3.05, 3.63) is 54.1 Å². The van der Waals surface area contributed by atoms with E-state index in [9.17, 15) is 14.4 Å². The van der Waals surface area contributed by atoms with Gasteiger partial charge in [0.2, 0.25) is 5.91 Å². The second-order valence-corrected chi connectivity index (χ2v) is 6.97. The number of benzene rings is 2. The molecule has 0 unspecified atom stereocenters. The number of likely N-dealkylation sites (N-methyl/N-ethyl adjacent to an activating group) is 1. The Morgan fingerprint density at radius 3 is 2.27 bits per heavy atom. The van der Waals surface area contributed by atoms with Gasteiger partial charge in [-0.05, 0) is 48.5 Å². The molecule has 0 aromatic heterocycles. The van der Waals surface area contributed by atoms with Crippen LogP contribution in [0.15, 0.2) is 48.5 Å². The Morgan fingerprint density at radius 2 is 1.67 bits per heavy atom. The molecule has 1 aliphatic heterocycles. The van der Waals surface area contributed by atoms with E-state index >= 15 is 0 Å². The Labute approximate surface area is 175 Å². The summed E-state index contributed by atoms with van der Waals surface area (Å²) in [5, 5.41) is 2.81. The minimum atomic E-state index is -0.430. The predicted octanol–water partition coefficient (Wildman–Crippen LogP) is 2.16. The zero-order valence-electron chi connectivity index (χ0n) is 17.1. The Balaban J connectivity index is 1.52. The normalized spacial score (nSPS) is 13.5. The highest BCUT2D eigenvalue weighted by atomic mass is 16.5. The monoisotopic (exact) mass is 411 g/mol. The van der Waals surface area contributed by atoms with Crippen molar-refractivity contribution in [1.29, 1.82) is 0 Å². The molecule has 8 nitrogen and oxygen atoms in total. The summed E-state index contributed by atoms with van der Waals surface area (Å²) < 4.78 is 10.3. The Morgan fingerprint density at radius 1 is 1.03 bits per heavy atom.